The third kappa shape index (κ3) is 8.49. The summed E-state index contributed by atoms with van der Waals surface area (Å²) in [6, 6.07) is 9.70. The van der Waals surface area contributed by atoms with Crippen molar-refractivity contribution in [2.24, 2.45) is 11.8 Å². The Morgan fingerprint density at radius 1 is 1.00 bits per heavy atom. The van der Waals surface area contributed by atoms with Crippen LogP contribution in [0.25, 0.3) is 16.0 Å². The molecule has 3 heterocycles. The van der Waals surface area contributed by atoms with Crippen molar-refractivity contribution in [3.8, 4) is 10.4 Å². The van der Waals surface area contributed by atoms with Gasteiger partial charge >= 0.3 is 12.1 Å². The Morgan fingerprint density at radius 3 is 2.49 bits per heavy atom. The molecular weight excluding hydrogens is 635 g/mol. The summed E-state index contributed by atoms with van der Waals surface area (Å²) in [5.74, 6) is 0.465. The average Bonchev–Trinajstić information content (AvgIpc) is 3.78. The predicted molar refractivity (Wildman–Crippen MR) is 185 cm³/mol. The van der Waals surface area contributed by atoms with E-state index >= 15 is 0 Å². The number of ether oxygens (including phenoxy) is 3. The number of thiazole rings is 1. The van der Waals surface area contributed by atoms with Gasteiger partial charge in [-0.1, -0.05) is 38.3 Å². The lowest BCUT2D eigenvalue weighted by molar-refractivity contribution is -0.0427. The van der Waals surface area contributed by atoms with E-state index in [1.54, 1.807) is 10.9 Å². The molecule has 1 amide bonds. The second-order valence-electron chi connectivity index (χ2n) is 13.0. The number of esters is 1. The van der Waals surface area contributed by atoms with E-state index in [1.807, 2.05) is 24.3 Å². The van der Waals surface area contributed by atoms with Crippen LogP contribution in [0.1, 0.15) is 96.9 Å². The van der Waals surface area contributed by atoms with Crippen LogP contribution in [0.5, 0.6) is 0 Å². The molecule has 0 unspecified atom stereocenters. The van der Waals surface area contributed by atoms with E-state index in [9.17, 15) is 14.4 Å². The van der Waals surface area contributed by atoms with Gasteiger partial charge in [0.1, 0.15) is 16.7 Å². The van der Waals surface area contributed by atoms with E-state index < -0.39 is 18.9 Å². The molecule has 3 aromatic rings. The van der Waals surface area contributed by atoms with Gasteiger partial charge in [-0.25, -0.2) is 14.6 Å². The van der Waals surface area contributed by atoms with Gasteiger partial charge in [0.15, 0.2) is 0 Å². The van der Waals surface area contributed by atoms with Crippen molar-refractivity contribution in [2.45, 2.75) is 77.2 Å². The minimum absolute atomic E-state index is 0.136. The molecule has 9 nitrogen and oxygen atoms in total. The van der Waals surface area contributed by atoms with Gasteiger partial charge in [0.25, 0.3) is 5.91 Å². The number of hydrogen-bond acceptors (Lipinski definition) is 10. The van der Waals surface area contributed by atoms with Crippen LogP contribution in [0, 0.1) is 11.8 Å². The molecule has 250 valence electrons. The standard InChI is InChI=1S/C36H43N3O6S2/c1-23-8-10-24(11-9-23)30-19-39(2)17-16-28(30)29-18-32(25-12-14-26(15-13-25)38-34(40)31-20-46-21-37-31)47-33(29)35(41)43-22-44-36(42)45-27-6-4-3-5-7-27/h12-15,18,20-21,23-24,27H,3-11,16-17,19,22H2,1-2H3,(H,38,40). The summed E-state index contributed by atoms with van der Waals surface area (Å²) in [4.78, 5) is 46.3. The van der Waals surface area contributed by atoms with E-state index in [2.05, 4.69) is 35.2 Å². The Hall–Kier alpha value is -3.54. The first-order valence-corrected chi connectivity index (χ1v) is 18.4. The van der Waals surface area contributed by atoms with Gasteiger partial charge in [-0.2, -0.15) is 0 Å². The van der Waals surface area contributed by atoms with Gasteiger partial charge in [-0.15, -0.1) is 22.7 Å². The molecule has 2 saturated carbocycles. The second-order valence-corrected chi connectivity index (χ2v) is 14.8. The summed E-state index contributed by atoms with van der Waals surface area (Å²) >= 11 is 2.75. The third-order valence-corrected chi connectivity index (χ3v) is 11.3. The Balaban J connectivity index is 1.24. The van der Waals surface area contributed by atoms with E-state index in [0.29, 0.717) is 22.2 Å². The third-order valence-electron chi connectivity index (χ3n) is 9.60. The zero-order valence-electron chi connectivity index (χ0n) is 27.1. The van der Waals surface area contributed by atoms with Crippen molar-refractivity contribution >= 4 is 52.0 Å². The normalized spacial score (nSPS) is 20.9. The fourth-order valence-corrected chi connectivity index (χ4v) is 8.53. The number of carbonyl (C=O) groups is 3. The van der Waals surface area contributed by atoms with Crippen molar-refractivity contribution in [1.29, 1.82) is 0 Å². The first-order chi connectivity index (χ1) is 22.8. The fraction of sp³-hybridized carbons (Fsp3) is 0.500. The number of benzene rings is 1. The zero-order valence-corrected chi connectivity index (χ0v) is 28.8. The highest BCUT2D eigenvalue weighted by Crippen LogP contribution is 2.43. The van der Waals surface area contributed by atoms with Crippen LogP contribution in [0.2, 0.25) is 0 Å². The van der Waals surface area contributed by atoms with Crippen molar-refractivity contribution < 1.29 is 28.6 Å². The van der Waals surface area contributed by atoms with Crippen LogP contribution in [-0.2, 0) is 14.2 Å². The molecule has 0 saturated heterocycles. The van der Waals surface area contributed by atoms with Crippen LogP contribution in [0.4, 0.5) is 10.5 Å². The van der Waals surface area contributed by atoms with Crippen molar-refractivity contribution in [1.82, 2.24) is 9.88 Å². The molecule has 2 fully saturated rings. The molecule has 1 aromatic carbocycles. The molecule has 0 bridgehead atoms. The quantitative estimate of drug-likeness (QED) is 0.177. The van der Waals surface area contributed by atoms with Gasteiger partial charge in [-0.3, -0.25) is 4.79 Å². The van der Waals surface area contributed by atoms with Crippen LogP contribution in [-0.4, -0.2) is 60.9 Å². The number of anilines is 1. The molecule has 0 atom stereocenters. The van der Waals surface area contributed by atoms with E-state index in [-0.39, 0.29) is 12.0 Å². The van der Waals surface area contributed by atoms with Crippen LogP contribution >= 0.6 is 22.7 Å². The van der Waals surface area contributed by atoms with E-state index in [4.69, 9.17) is 14.2 Å². The van der Waals surface area contributed by atoms with Crippen molar-refractivity contribution in [3.63, 3.8) is 0 Å². The summed E-state index contributed by atoms with van der Waals surface area (Å²) in [5.41, 5.74) is 7.17. The first-order valence-electron chi connectivity index (χ1n) is 16.7. The van der Waals surface area contributed by atoms with Crippen LogP contribution < -0.4 is 5.32 Å². The van der Waals surface area contributed by atoms with Crippen molar-refractivity contribution in [3.05, 3.63) is 62.9 Å². The number of amides is 1. The Bertz CT molecular complexity index is 1570. The Morgan fingerprint density at radius 2 is 1.77 bits per heavy atom. The summed E-state index contributed by atoms with van der Waals surface area (Å²) in [5, 5.41) is 4.60. The van der Waals surface area contributed by atoms with Crippen molar-refractivity contribution in [2.75, 3.05) is 32.2 Å². The lowest BCUT2D eigenvalue weighted by Gasteiger charge is -2.35. The highest BCUT2D eigenvalue weighted by Gasteiger charge is 2.31. The van der Waals surface area contributed by atoms with Crippen LogP contribution in [0.15, 0.2) is 46.8 Å². The van der Waals surface area contributed by atoms with Gasteiger partial charge in [0.05, 0.1) is 5.51 Å². The van der Waals surface area contributed by atoms with Gasteiger partial charge in [0, 0.05) is 34.6 Å². The number of aromatic nitrogens is 1. The monoisotopic (exact) mass is 677 g/mol. The highest BCUT2D eigenvalue weighted by atomic mass is 32.1. The number of likely N-dealkylation sites (N-methyl/N-ethyl adjacent to an activating group) is 1. The maximum atomic E-state index is 13.7. The van der Waals surface area contributed by atoms with Gasteiger partial charge < -0.3 is 24.4 Å². The minimum Gasteiger partial charge on any atom is -0.431 e. The molecule has 0 radical (unpaired) electrons. The Labute approximate surface area is 284 Å². The summed E-state index contributed by atoms with van der Waals surface area (Å²) < 4.78 is 16.1. The molecule has 11 heteroatoms. The lowest BCUT2D eigenvalue weighted by Crippen LogP contribution is -2.31. The largest absolute Gasteiger partial charge is 0.511 e. The minimum atomic E-state index is -0.800. The molecular formula is C36H43N3O6S2. The topological polar surface area (TPSA) is 107 Å². The molecule has 1 aliphatic heterocycles. The fourth-order valence-electron chi connectivity index (χ4n) is 6.92. The molecule has 1 N–H and O–H groups in total. The molecule has 47 heavy (non-hydrogen) atoms. The highest BCUT2D eigenvalue weighted by molar-refractivity contribution is 7.17. The maximum absolute atomic E-state index is 13.7. The average molecular weight is 678 g/mol. The second kappa shape index (κ2) is 15.6. The number of rotatable bonds is 9. The van der Waals surface area contributed by atoms with E-state index in [1.165, 1.54) is 46.7 Å². The number of thiophene rings is 1. The maximum Gasteiger partial charge on any atom is 0.511 e. The predicted octanol–water partition coefficient (Wildman–Crippen LogP) is 8.64. The van der Waals surface area contributed by atoms with Gasteiger partial charge in [0.2, 0.25) is 6.79 Å². The van der Waals surface area contributed by atoms with Gasteiger partial charge in [-0.05, 0) is 98.7 Å². The first kappa shape index (κ1) is 33.4. The summed E-state index contributed by atoms with van der Waals surface area (Å²) in [7, 11) is 2.16. The molecule has 3 aliphatic rings. The summed E-state index contributed by atoms with van der Waals surface area (Å²) in [6.45, 7) is 3.63. The SMILES string of the molecule is CC1CCC(C2=C(c3cc(-c4ccc(NC(=O)c5cscn5)cc4)sc3C(=O)OCOC(=O)OC3CCCCC3)CCN(C)C2)CC1. The molecule has 0 spiro atoms. The molecule has 2 aromatic heterocycles. The number of nitrogens with one attached hydrogen (secondary N) is 1. The Kier molecular flexibility index (Phi) is 11.1. The molecule has 6 rings (SSSR count). The van der Waals surface area contributed by atoms with Crippen LogP contribution in [0.3, 0.4) is 0 Å². The smallest absolute Gasteiger partial charge is 0.431 e. The summed E-state index contributed by atoms with van der Waals surface area (Å²) in [6.07, 6.45) is 9.56. The lowest BCUT2D eigenvalue weighted by atomic mass is 9.75. The molecule has 2 aliphatic carbocycles. The number of hydrogen-bond donors (Lipinski definition) is 1. The number of nitrogens with zero attached hydrogens (tertiary/aromatic N) is 2. The zero-order chi connectivity index (χ0) is 32.8. The number of carbonyl (C=O) groups excluding carboxylic acids is 3. The van der Waals surface area contributed by atoms with E-state index in [0.717, 1.165) is 86.4 Å².